The zero-order valence-corrected chi connectivity index (χ0v) is 6.54. The van der Waals surface area contributed by atoms with Crippen molar-refractivity contribution in [2.75, 3.05) is 0 Å². The van der Waals surface area contributed by atoms with Gasteiger partial charge in [0.05, 0.1) is 0 Å². The minimum atomic E-state index is -4.69. The first-order valence-electron chi connectivity index (χ1n) is 2.86. The fourth-order valence-corrected chi connectivity index (χ4v) is 0.615. The van der Waals surface area contributed by atoms with E-state index >= 15 is 0 Å². The summed E-state index contributed by atoms with van der Waals surface area (Å²) in [5.74, 6) is -2.96. The van der Waals surface area contributed by atoms with Crippen LogP contribution in [0.25, 0.3) is 0 Å². The number of hydrogen-bond donors (Lipinski definition) is 0. The minimum absolute atomic E-state index is 0. The molecule has 0 N–H and O–H groups in total. The minimum Gasteiger partial charge on any atom is -0.281 e. The summed E-state index contributed by atoms with van der Waals surface area (Å²) in [6, 6.07) is 2.09. The van der Waals surface area contributed by atoms with Gasteiger partial charge in [0, 0.05) is 11.6 Å². The van der Waals surface area contributed by atoms with Crippen LogP contribution in [0, 0.1) is 17.7 Å². The van der Waals surface area contributed by atoms with Crippen molar-refractivity contribution in [3.63, 3.8) is 0 Å². The van der Waals surface area contributed by atoms with Gasteiger partial charge in [-0.3, -0.25) is 4.39 Å². The summed E-state index contributed by atoms with van der Waals surface area (Å²) in [6.07, 6.45) is -4.69. The van der Waals surface area contributed by atoms with E-state index in [1.54, 1.807) is 0 Å². The van der Waals surface area contributed by atoms with E-state index in [2.05, 4.69) is 0 Å². The molecule has 1 aromatic carbocycles. The fraction of sp³-hybridized carbons (Fsp3) is 0.143. The van der Waals surface area contributed by atoms with Crippen molar-refractivity contribution in [3.05, 3.63) is 35.4 Å². The molecule has 0 bridgehead atoms. The second kappa shape index (κ2) is 4.12. The van der Waals surface area contributed by atoms with Crippen LogP contribution in [0.1, 0.15) is 5.56 Å². The summed E-state index contributed by atoms with van der Waals surface area (Å²) < 4.78 is 59.6. The number of hydrogen-bond acceptors (Lipinski definition) is 0. The van der Waals surface area contributed by atoms with Crippen LogP contribution in [0.5, 0.6) is 0 Å². The monoisotopic (exact) mass is 188 g/mol. The molecule has 0 radical (unpaired) electrons. The van der Waals surface area contributed by atoms with Gasteiger partial charge in [0.2, 0.25) is 0 Å². The second-order valence-corrected chi connectivity index (χ2v) is 2.03. The maximum Gasteiger partial charge on any atom is 1.00 e. The zero-order valence-electron chi connectivity index (χ0n) is 6.54. The average Bonchev–Trinajstić information content (AvgIpc) is 1.92. The van der Waals surface area contributed by atoms with Crippen molar-refractivity contribution in [1.82, 2.24) is 0 Å². The molecule has 0 atom stereocenters. The van der Waals surface area contributed by atoms with E-state index in [-0.39, 0.29) is 18.9 Å². The standard InChI is InChI=1S/C7H2F5.Li/c8-5-2-1-4(3-6(5)9)7(10,11)12;/h1-2H;/q-1;+1. The summed E-state index contributed by atoms with van der Waals surface area (Å²) in [5.41, 5.74) is -1.32. The summed E-state index contributed by atoms with van der Waals surface area (Å²) in [7, 11) is 0. The molecule has 0 saturated carbocycles. The molecule has 0 unspecified atom stereocenters. The van der Waals surface area contributed by atoms with Crippen molar-refractivity contribution >= 4 is 0 Å². The molecule has 0 nitrogen and oxygen atoms in total. The Bertz CT molecular complexity index is 293. The van der Waals surface area contributed by atoms with Crippen LogP contribution in [-0.2, 0) is 6.18 Å². The van der Waals surface area contributed by atoms with Gasteiger partial charge in [-0.05, 0) is 0 Å². The van der Waals surface area contributed by atoms with Crippen molar-refractivity contribution in [1.29, 1.82) is 0 Å². The zero-order chi connectivity index (χ0) is 9.35. The Hall–Kier alpha value is -0.533. The summed E-state index contributed by atoms with van der Waals surface area (Å²) in [4.78, 5) is 0. The van der Waals surface area contributed by atoms with Crippen LogP contribution in [0.3, 0.4) is 0 Å². The maximum absolute atomic E-state index is 12.2. The molecule has 0 aliphatic heterocycles. The third-order valence-electron chi connectivity index (χ3n) is 1.16. The molecule has 0 aliphatic rings. The van der Waals surface area contributed by atoms with Crippen LogP contribution in [-0.4, -0.2) is 0 Å². The van der Waals surface area contributed by atoms with E-state index in [0.717, 1.165) is 0 Å². The molecule has 0 heterocycles. The molecule has 1 rings (SSSR count). The van der Waals surface area contributed by atoms with Crippen molar-refractivity contribution in [3.8, 4) is 0 Å². The van der Waals surface area contributed by atoms with Gasteiger partial charge in [-0.15, -0.1) is 12.1 Å². The number of rotatable bonds is 0. The molecule has 6 heteroatoms. The van der Waals surface area contributed by atoms with E-state index < -0.39 is 23.4 Å². The first-order valence-corrected chi connectivity index (χ1v) is 2.86. The first kappa shape index (κ1) is 12.5. The van der Waals surface area contributed by atoms with Gasteiger partial charge in [-0.1, -0.05) is 5.56 Å². The van der Waals surface area contributed by atoms with E-state index in [9.17, 15) is 22.0 Å². The molecule has 0 amide bonds. The number of halogens is 5. The largest absolute Gasteiger partial charge is 1.00 e. The van der Waals surface area contributed by atoms with Gasteiger partial charge in [0.1, 0.15) is 0 Å². The Morgan fingerprint density at radius 1 is 1.08 bits per heavy atom. The Morgan fingerprint density at radius 2 is 1.62 bits per heavy atom. The number of benzene rings is 1. The normalized spacial score (nSPS) is 10.8. The van der Waals surface area contributed by atoms with Gasteiger partial charge >= 0.3 is 25.0 Å². The van der Waals surface area contributed by atoms with Gasteiger partial charge in [0.25, 0.3) is 0 Å². The molecule has 0 spiro atoms. The molecule has 0 saturated heterocycles. The summed E-state index contributed by atoms with van der Waals surface area (Å²) in [5, 5.41) is 0. The molecule has 66 valence electrons. The van der Waals surface area contributed by atoms with Crippen molar-refractivity contribution in [2.45, 2.75) is 6.18 Å². The number of alkyl halides is 3. The molecule has 0 aromatic heterocycles. The van der Waals surface area contributed by atoms with Gasteiger partial charge < -0.3 is 0 Å². The fourth-order valence-electron chi connectivity index (χ4n) is 0.615. The van der Waals surface area contributed by atoms with E-state index in [4.69, 9.17) is 0 Å². The molecule has 13 heavy (non-hydrogen) atoms. The van der Waals surface area contributed by atoms with Crippen LogP contribution < -0.4 is 18.9 Å². The molecular formula is C7H2F5Li. The third kappa shape index (κ3) is 3.01. The Morgan fingerprint density at radius 3 is 2.00 bits per heavy atom. The second-order valence-electron chi connectivity index (χ2n) is 2.03. The maximum atomic E-state index is 12.2. The Balaban J connectivity index is 0.00000144. The van der Waals surface area contributed by atoms with Crippen LogP contribution in [0.2, 0.25) is 0 Å². The molecule has 0 aliphatic carbocycles. The summed E-state index contributed by atoms with van der Waals surface area (Å²) >= 11 is 0. The molecule has 0 fully saturated rings. The molecular weight excluding hydrogens is 186 g/mol. The van der Waals surface area contributed by atoms with Crippen LogP contribution in [0.15, 0.2) is 12.1 Å². The average molecular weight is 188 g/mol. The molecule has 1 aromatic rings. The SMILES string of the molecule is Fc1[c-]c(C(F)(F)F)ccc1F.[Li+]. The van der Waals surface area contributed by atoms with Crippen molar-refractivity contribution < 1.29 is 40.8 Å². The third-order valence-corrected chi connectivity index (χ3v) is 1.16. The smallest absolute Gasteiger partial charge is 0.281 e. The van der Waals surface area contributed by atoms with Crippen LogP contribution in [0.4, 0.5) is 22.0 Å². The topological polar surface area (TPSA) is 0 Å². The van der Waals surface area contributed by atoms with E-state index in [0.29, 0.717) is 12.1 Å². The predicted molar refractivity (Wildman–Crippen MR) is 30.2 cm³/mol. The van der Waals surface area contributed by atoms with Crippen molar-refractivity contribution in [2.24, 2.45) is 0 Å². The Labute approximate surface area is 82.9 Å². The van der Waals surface area contributed by atoms with Gasteiger partial charge in [-0.2, -0.15) is 19.2 Å². The van der Waals surface area contributed by atoms with Gasteiger partial charge in [0.15, 0.2) is 0 Å². The summed E-state index contributed by atoms with van der Waals surface area (Å²) in [6.45, 7) is 0. The van der Waals surface area contributed by atoms with Crippen LogP contribution >= 0.6 is 0 Å². The quantitative estimate of drug-likeness (QED) is 0.300. The van der Waals surface area contributed by atoms with E-state index in [1.165, 1.54) is 6.07 Å². The first-order chi connectivity index (χ1) is 5.41. The van der Waals surface area contributed by atoms with Gasteiger partial charge in [-0.25, -0.2) is 4.39 Å². The Kier molecular flexibility index (Phi) is 3.95. The van der Waals surface area contributed by atoms with E-state index in [1.807, 2.05) is 0 Å². The predicted octanol–water partition coefficient (Wildman–Crippen LogP) is -0.212.